The summed E-state index contributed by atoms with van der Waals surface area (Å²) in [6.07, 6.45) is 52.8. The van der Waals surface area contributed by atoms with E-state index in [0.717, 1.165) is 57.8 Å². The number of aliphatic hydroxyl groups is 2. The number of rotatable bonds is 41. The topological polar surface area (TPSA) is 95.9 Å². The van der Waals surface area contributed by atoms with Gasteiger partial charge in [-0.2, -0.15) is 0 Å². The van der Waals surface area contributed by atoms with Crippen LogP contribution >= 0.6 is 0 Å². The highest BCUT2D eigenvalue weighted by atomic mass is 16.5. The molecule has 0 radical (unpaired) electrons. The van der Waals surface area contributed by atoms with Crippen LogP contribution in [0.3, 0.4) is 0 Å². The van der Waals surface area contributed by atoms with E-state index in [1.165, 1.54) is 116 Å². The van der Waals surface area contributed by atoms with Crippen molar-refractivity contribution in [2.75, 3.05) is 6.61 Å². The van der Waals surface area contributed by atoms with Crippen molar-refractivity contribution in [1.82, 2.24) is 5.32 Å². The lowest BCUT2D eigenvalue weighted by Gasteiger charge is -2.24. The number of amides is 1. The minimum absolute atomic E-state index is 0.0291. The highest BCUT2D eigenvalue weighted by Crippen LogP contribution is 2.17. The molecule has 6 nitrogen and oxygen atoms in total. The minimum atomic E-state index is -0.805. The van der Waals surface area contributed by atoms with Crippen LogP contribution in [0.5, 0.6) is 0 Å². The molecule has 0 aromatic rings. The Kier molecular flexibility index (Phi) is 41.8. The third-order valence-corrected chi connectivity index (χ3v) is 10.5. The summed E-state index contributed by atoms with van der Waals surface area (Å²) < 4.78 is 5.87. The zero-order valence-corrected chi connectivity index (χ0v) is 36.8. The second-order valence-electron chi connectivity index (χ2n) is 15.9. The lowest BCUT2D eigenvalue weighted by Crippen LogP contribution is -2.46. The van der Waals surface area contributed by atoms with Crippen LogP contribution in [-0.2, 0) is 14.3 Å². The molecule has 0 aliphatic carbocycles. The number of hydrogen-bond donors (Lipinski definition) is 3. The number of esters is 1. The smallest absolute Gasteiger partial charge is 0.306 e. The number of ether oxygens (including phenoxy) is 1. The first-order chi connectivity index (χ1) is 27.5. The van der Waals surface area contributed by atoms with E-state index in [1.807, 2.05) is 48.6 Å². The van der Waals surface area contributed by atoms with Crippen LogP contribution in [0, 0.1) is 0 Å². The number of allylic oxidation sites excluding steroid dienone is 10. The summed E-state index contributed by atoms with van der Waals surface area (Å²) in [5.41, 5.74) is 0. The van der Waals surface area contributed by atoms with E-state index >= 15 is 0 Å². The third-order valence-electron chi connectivity index (χ3n) is 10.5. The van der Waals surface area contributed by atoms with Gasteiger partial charge in [0, 0.05) is 6.42 Å². The van der Waals surface area contributed by atoms with Gasteiger partial charge in [-0.1, -0.05) is 229 Å². The lowest BCUT2D eigenvalue weighted by atomic mass is 10.0. The predicted molar refractivity (Wildman–Crippen MR) is 241 cm³/mol. The van der Waals surface area contributed by atoms with Gasteiger partial charge in [-0.05, 0) is 38.5 Å². The van der Waals surface area contributed by atoms with Gasteiger partial charge >= 0.3 is 5.97 Å². The molecule has 0 saturated heterocycles. The summed E-state index contributed by atoms with van der Waals surface area (Å²) >= 11 is 0. The molecule has 6 heteroatoms. The van der Waals surface area contributed by atoms with Crippen molar-refractivity contribution in [1.29, 1.82) is 0 Å². The van der Waals surface area contributed by atoms with Gasteiger partial charge in [-0.25, -0.2) is 0 Å². The second-order valence-corrected chi connectivity index (χ2v) is 15.9. The molecule has 0 aliphatic heterocycles. The lowest BCUT2D eigenvalue weighted by molar-refractivity contribution is -0.151. The van der Waals surface area contributed by atoms with Crippen molar-refractivity contribution in [3.8, 4) is 0 Å². The normalized spacial score (nSPS) is 13.9. The van der Waals surface area contributed by atoms with E-state index in [9.17, 15) is 19.8 Å². The Morgan fingerprint density at radius 3 is 1.43 bits per heavy atom. The molecule has 3 atom stereocenters. The van der Waals surface area contributed by atoms with E-state index in [4.69, 9.17) is 4.74 Å². The molecular weight excluding hydrogens is 695 g/mol. The van der Waals surface area contributed by atoms with Crippen molar-refractivity contribution >= 4 is 11.9 Å². The van der Waals surface area contributed by atoms with E-state index in [1.54, 1.807) is 0 Å². The average Bonchev–Trinajstić information content (AvgIpc) is 3.19. The Balaban J connectivity index is 4.71. The molecule has 3 N–H and O–H groups in total. The van der Waals surface area contributed by atoms with Crippen LogP contribution in [0.25, 0.3) is 0 Å². The van der Waals surface area contributed by atoms with Crippen molar-refractivity contribution in [2.45, 2.75) is 238 Å². The molecule has 0 aromatic carbocycles. The average molecular weight is 784 g/mol. The monoisotopic (exact) mass is 784 g/mol. The fraction of sp³-hybridized carbons (Fsp3) is 0.760. The zero-order chi connectivity index (χ0) is 41.0. The van der Waals surface area contributed by atoms with Crippen LogP contribution in [0.4, 0.5) is 0 Å². The highest BCUT2D eigenvalue weighted by molar-refractivity contribution is 5.77. The van der Waals surface area contributed by atoms with Crippen molar-refractivity contribution in [2.24, 2.45) is 0 Å². The Bertz CT molecular complexity index is 1010. The third kappa shape index (κ3) is 38.4. The summed E-state index contributed by atoms with van der Waals surface area (Å²) in [6.45, 7) is 6.30. The Hall–Kier alpha value is -2.44. The largest absolute Gasteiger partial charge is 0.462 e. The molecule has 0 aliphatic rings. The molecule has 324 valence electrons. The Morgan fingerprint density at radius 1 is 0.536 bits per heavy atom. The van der Waals surface area contributed by atoms with Crippen LogP contribution < -0.4 is 5.32 Å². The maximum atomic E-state index is 13.1. The molecule has 56 heavy (non-hydrogen) atoms. The summed E-state index contributed by atoms with van der Waals surface area (Å²) in [4.78, 5) is 26.0. The predicted octanol–water partition coefficient (Wildman–Crippen LogP) is 13.7. The molecule has 0 saturated carbocycles. The van der Waals surface area contributed by atoms with E-state index in [-0.39, 0.29) is 24.9 Å². The Labute approximate surface area is 346 Å². The molecule has 0 rings (SSSR count). The number of nitrogens with one attached hydrogen (secondary N) is 1. The van der Waals surface area contributed by atoms with E-state index in [2.05, 4.69) is 38.2 Å². The van der Waals surface area contributed by atoms with Gasteiger partial charge in [0.05, 0.1) is 25.2 Å². The van der Waals surface area contributed by atoms with E-state index in [0.29, 0.717) is 19.3 Å². The molecule has 0 spiro atoms. The maximum absolute atomic E-state index is 13.1. The standard InChI is InChI=1S/C50H89NO5/c1-4-7-10-13-16-19-22-24-27-29-32-35-38-41-46(56-50(55)43-40-37-34-31-28-25-23-20-17-14-11-8-5-2)44-49(54)51-47(45-52)48(53)42-39-36-33-30-26-21-18-15-12-9-6-3/h7,10,13,16,19,22,24,27,29,32,46-48,52-53H,4-6,8-9,11-12,14-15,17-18,20-21,23,25-26,28,30-31,33-45H2,1-3H3,(H,51,54)/b10-7+,16-13+,22-19-,27-24-,32-29+. The fourth-order valence-corrected chi connectivity index (χ4v) is 6.93. The number of carbonyl (C=O) groups is 2. The molecule has 0 bridgehead atoms. The summed E-state index contributed by atoms with van der Waals surface area (Å²) in [6, 6.07) is -0.722. The highest BCUT2D eigenvalue weighted by Gasteiger charge is 2.24. The van der Waals surface area contributed by atoms with Gasteiger partial charge in [0.25, 0.3) is 0 Å². The quantitative estimate of drug-likeness (QED) is 0.0326. The number of unbranched alkanes of at least 4 members (excludes halogenated alkanes) is 23. The first kappa shape index (κ1) is 53.6. The molecule has 0 fully saturated rings. The van der Waals surface area contributed by atoms with E-state index < -0.39 is 18.2 Å². The zero-order valence-electron chi connectivity index (χ0n) is 36.8. The van der Waals surface area contributed by atoms with Crippen LogP contribution in [0.1, 0.15) is 220 Å². The van der Waals surface area contributed by atoms with Crippen molar-refractivity contribution < 1.29 is 24.5 Å². The summed E-state index contributed by atoms with van der Waals surface area (Å²) in [5, 5.41) is 23.6. The first-order valence-corrected chi connectivity index (χ1v) is 23.6. The molecule has 0 heterocycles. The van der Waals surface area contributed by atoms with Crippen LogP contribution in [0.15, 0.2) is 60.8 Å². The molecule has 3 unspecified atom stereocenters. The van der Waals surface area contributed by atoms with Gasteiger partial charge in [0.15, 0.2) is 0 Å². The molecule has 0 aromatic heterocycles. The SMILES string of the molecule is CC/C=C/C=C/C=C\C=C/C=C/CCCC(CC(=O)NC(CO)C(O)CCCCCCCCCCCCC)OC(=O)CCCCCCCCCCCCCCC. The van der Waals surface area contributed by atoms with Gasteiger partial charge in [0.1, 0.15) is 6.10 Å². The van der Waals surface area contributed by atoms with Crippen molar-refractivity contribution in [3.05, 3.63) is 60.8 Å². The van der Waals surface area contributed by atoms with Crippen molar-refractivity contribution in [3.63, 3.8) is 0 Å². The van der Waals surface area contributed by atoms with Crippen LogP contribution in [0.2, 0.25) is 0 Å². The van der Waals surface area contributed by atoms with Gasteiger partial charge < -0.3 is 20.3 Å². The number of carbonyl (C=O) groups excluding carboxylic acids is 2. The van der Waals surface area contributed by atoms with Gasteiger partial charge in [0.2, 0.25) is 5.91 Å². The minimum Gasteiger partial charge on any atom is -0.462 e. The molecule has 1 amide bonds. The summed E-state index contributed by atoms with van der Waals surface area (Å²) in [5.74, 6) is -0.545. The number of aliphatic hydroxyl groups excluding tert-OH is 2. The Morgan fingerprint density at radius 2 is 0.964 bits per heavy atom. The molecular formula is C50H89NO5. The fourth-order valence-electron chi connectivity index (χ4n) is 6.93. The van der Waals surface area contributed by atoms with Gasteiger partial charge in [-0.3, -0.25) is 9.59 Å². The number of hydrogen-bond acceptors (Lipinski definition) is 5. The maximum Gasteiger partial charge on any atom is 0.306 e. The van der Waals surface area contributed by atoms with Gasteiger partial charge in [-0.15, -0.1) is 0 Å². The summed E-state index contributed by atoms with van der Waals surface area (Å²) in [7, 11) is 0. The first-order valence-electron chi connectivity index (χ1n) is 23.6. The second kappa shape index (κ2) is 43.7. The van der Waals surface area contributed by atoms with Crippen LogP contribution in [-0.4, -0.2) is 46.9 Å².